The molecular weight excluding hydrogens is 273 g/mol. The number of sulfone groups is 1. The lowest BCUT2D eigenvalue weighted by atomic mass is 10.3. The van der Waals surface area contributed by atoms with Crippen LogP contribution in [0.2, 0.25) is 5.02 Å². The Morgan fingerprint density at radius 2 is 2.12 bits per heavy atom. The molecule has 0 heterocycles. The van der Waals surface area contributed by atoms with Gasteiger partial charge in [-0.1, -0.05) is 11.6 Å². The van der Waals surface area contributed by atoms with Crippen LogP contribution in [0.5, 0.6) is 0 Å². The molecule has 0 unspecified atom stereocenters. The van der Waals surface area contributed by atoms with E-state index in [-0.39, 0.29) is 16.5 Å². The Morgan fingerprint density at radius 1 is 1.50 bits per heavy atom. The molecule has 1 aromatic rings. The maximum atomic E-state index is 13.0. The molecule has 0 saturated heterocycles. The predicted octanol–water partition coefficient (Wildman–Crippen LogP) is 2.20. The summed E-state index contributed by atoms with van der Waals surface area (Å²) in [6, 6.07) is 2.53. The van der Waals surface area contributed by atoms with Crippen LogP contribution in [0.15, 0.2) is 17.0 Å². The van der Waals surface area contributed by atoms with Crippen molar-refractivity contribution < 1.29 is 12.8 Å². The standard InChI is InChI=1S/C9H11ClFNO2S2/c1-16(13,14)3-2-15-9-4-6(10)7(11)5-8(9)12/h4-5H,2-3,12H2,1H3. The van der Waals surface area contributed by atoms with Crippen LogP contribution in [-0.4, -0.2) is 26.2 Å². The van der Waals surface area contributed by atoms with Crippen LogP contribution >= 0.6 is 23.4 Å². The van der Waals surface area contributed by atoms with Crippen molar-refractivity contribution in [2.24, 2.45) is 0 Å². The van der Waals surface area contributed by atoms with Gasteiger partial charge in [0.05, 0.1) is 10.8 Å². The lowest BCUT2D eigenvalue weighted by Gasteiger charge is -2.06. The minimum absolute atomic E-state index is 0.0175. The van der Waals surface area contributed by atoms with Gasteiger partial charge in [-0.2, -0.15) is 0 Å². The number of hydrogen-bond acceptors (Lipinski definition) is 4. The van der Waals surface area contributed by atoms with E-state index < -0.39 is 15.7 Å². The summed E-state index contributed by atoms with van der Waals surface area (Å²) in [7, 11) is -2.99. The van der Waals surface area contributed by atoms with E-state index in [1.54, 1.807) is 0 Å². The van der Waals surface area contributed by atoms with Gasteiger partial charge >= 0.3 is 0 Å². The van der Waals surface area contributed by atoms with E-state index in [1.807, 2.05) is 0 Å². The normalized spacial score (nSPS) is 11.7. The second-order valence-electron chi connectivity index (χ2n) is 3.28. The summed E-state index contributed by atoms with van der Waals surface area (Å²) < 4.78 is 34.7. The second kappa shape index (κ2) is 5.25. The van der Waals surface area contributed by atoms with Crippen LogP contribution in [0.3, 0.4) is 0 Å². The minimum Gasteiger partial charge on any atom is -0.398 e. The topological polar surface area (TPSA) is 60.2 Å². The molecule has 0 bridgehead atoms. The average molecular weight is 284 g/mol. The first-order valence-corrected chi connectivity index (χ1v) is 7.77. The van der Waals surface area contributed by atoms with E-state index in [1.165, 1.54) is 17.8 Å². The van der Waals surface area contributed by atoms with Gasteiger partial charge in [-0.05, 0) is 12.1 Å². The molecule has 0 saturated carbocycles. The third-order valence-corrected chi connectivity index (χ3v) is 4.33. The van der Waals surface area contributed by atoms with Crippen molar-refractivity contribution in [1.82, 2.24) is 0 Å². The number of hydrogen-bond donors (Lipinski definition) is 1. The Labute approximate surface area is 103 Å². The van der Waals surface area contributed by atoms with E-state index in [4.69, 9.17) is 17.3 Å². The SMILES string of the molecule is CS(=O)(=O)CCSc1cc(Cl)c(F)cc1N. The number of thioether (sulfide) groups is 1. The largest absolute Gasteiger partial charge is 0.398 e. The molecule has 0 radical (unpaired) electrons. The number of benzene rings is 1. The van der Waals surface area contributed by atoms with Crippen LogP contribution in [-0.2, 0) is 9.84 Å². The first kappa shape index (κ1) is 13.6. The average Bonchev–Trinajstić information content (AvgIpc) is 2.11. The molecule has 2 N–H and O–H groups in total. The fourth-order valence-electron chi connectivity index (χ4n) is 0.972. The zero-order valence-electron chi connectivity index (χ0n) is 8.54. The van der Waals surface area contributed by atoms with E-state index in [2.05, 4.69) is 0 Å². The second-order valence-corrected chi connectivity index (χ2v) is 7.09. The highest BCUT2D eigenvalue weighted by atomic mass is 35.5. The van der Waals surface area contributed by atoms with Crippen molar-refractivity contribution in [1.29, 1.82) is 0 Å². The number of nitrogen functional groups attached to an aromatic ring is 1. The van der Waals surface area contributed by atoms with E-state index in [9.17, 15) is 12.8 Å². The predicted molar refractivity (Wildman–Crippen MR) is 66.3 cm³/mol. The van der Waals surface area contributed by atoms with Crippen molar-refractivity contribution in [3.05, 3.63) is 23.0 Å². The molecule has 0 atom stereocenters. The Balaban J connectivity index is 2.71. The Hall–Kier alpha value is -0.460. The molecule has 0 aromatic heterocycles. The molecule has 3 nitrogen and oxygen atoms in total. The van der Waals surface area contributed by atoms with E-state index >= 15 is 0 Å². The highest BCUT2D eigenvalue weighted by Gasteiger charge is 2.08. The molecule has 0 spiro atoms. The van der Waals surface area contributed by atoms with Crippen LogP contribution in [0.4, 0.5) is 10.1 Å². The lowest BCUT2D eigenvalue weighted by Crippen LogP contribution is -2.05. The van der Waals surface area contributed by atoms with Gasteiger partial charge in [0, 0.05) is 22.6 Å². The first-order chi connectivity index (χ1) is 7.29. The third-order valence-electron chi connectivity index (χ3n) is 1.76. The highest BCUT2D eigenvalue weighted by molar-refractivity contribution is 8.00. The molecule has 1 rings (SSSR count). The summed E-state index contributed by atoms with van der Waals surface area (Å²) in [5.41, 5.74) is 5.84. The molecule has 16 heavy (non-hydrogen) atoms. The fourth-order valence-corrected chi connectivity index (χ4v) is 3.39. The first-order valence-electron chi connectivity index (χ1n) is 4.34. The summed E-state index contributed by atoms with van der Waals surface area (Å²) in [4.78, 5) is 0.593. The Bertz CT molecular complexity index is 491. The van der Waals surface area contributed by atoms with Crippen LogP contribution in [0.25, 0.3) is 0 Å². The molecule has 0 aliphatic rings. The van der Waals surface area contributed by atoms with E-state index in [0.29, 0.717) is 10.6 Å². The van der Waals surface area contributed by atoms with Crippen LogP contribution < -0.4 is 5.73 Å². The molecule has 1 aromatic carbocycles. The third kappa shape index (κ3) is 4.19. The number of rotatable bonds is 4. The summed E-state index contributed by atoms with van der Waals surface area (Å²) in [5, 5.41) is -0.0175. The molecule has 0 fully saturated rings. The van der Waals surface area contributed by atoms with Crippen molar-refractivity contribution >= 4 is 38.9 Å². The van der Waals surface area contributed by atoms with Crippen molar-refractivity contribution in [3.63, 3.8) is 0 Å². The van der Waals surface area contributed by atoms with Crippen molar-refractivity contribution in [3.8, 4) is 0 Å². The number of halogens is 2. The quantitative estimate of drug-likeness (QED) is 0.680. The summed E-state index contributed by atoms with van der Waals surface area (Å²) >= 11 is 6.83. The van der Waals surface area contributed by atoms with Gasteiger partial charge in [-0.3, -0.25) is 0 Å². The van der Waals surface area contributed by atoms with Crippen LogP contribution in [0, 0.1) is 5.82 Å². The maximum Gasteiger partial charge on any atom is 0.148 e. The zero-order valence-corrected chi connectivity index (χ0v) is 10.9. The molecule has 7 heteroatoms. The maximum absolute atomic E-state index is 13.0. The summed E-state index contributed by atoms with van der Waals surface area (Å²) in [5.74, 6) is -0.163. The lowest BCUT2D eigenvalue weighted by molar-refractivity contribution is 0.603. The van der Waals surface area contributed by atoms with Gasteiger partial charge in [0.25, 0.3) is 0 Å². The van der Waals surface area contributed by atoms with Gasteiger partial charge in [0.2, 0.25) is 0 Å². The van der Waals surface area contributed by atoms with Gasteiger partial charge in [0.15, 0.2) is 0 Å². The molecule has 0 aliphatic carbocycles. The van der Waals surface area contributed by atoms with Crippen molar-refractivity contribution in [2.45, 2.75) is 4.90 Å². The smallest absolute Gasteiger partial charge is 0.148 e. The van der Waals surface area contributed by atoms with Crippen LogP contribution in [0.1, 0.15) is 0 Å². The minimum atomic E-state index is -2.99. The molecule has 0 amide bonds. The number of nitrogens with two attached hydrogens (primary N) is 1. The van der Waals surface area contributed by atoms with Gasteiger partial charge in [0.1, 0.15) is 15.7 Å². The Kier molecular flexibility index (Phi) is 4.46. The monoisotopic (exact) mass is 283 g/mol. The summed E-state index contributed by atoms with van der Waals surface area (Å²) in [6.07, 6.45) is 1.16. The van der Waals surface area contributed by atoms with E-state index in [0.717, 1.165) is 12.3 Å². The fraction of sp³-hybridized carbons (Fsp3) is 0.333. The van der Waals surface area contributed by atoms with Gasteiger partial charge in [-0.25, -0.2) is 12.8 Å². The molecule has 90 valence electrons. The molecular formula is C9H11ClFNO2S2. The van der Waals surface area contributed by atoms with Gasteiger partial charge in [-0.15, -0.1) is 11.8 Å². The summed E-state index contributed by atoms with van der Waals surface area (Å²) in [6.45, 7) is 0. The Morgan fingerprint density at radius 3 is 2.69 bits per heavy atom. The van der Waals surface area contributed by atoms with Gasteiger partial charge < -0.3 is 5.73 Å². The molecule has 0 aliphatic heterocycles. The van der Waals surface area contributed by atoms with Crippen molar-refractivity contribution in [2.75, 3.05) is 23.5 Å². The highest BCUT2D eigenvalue weighted by Crippen LogP contribution is 2.30. The zero-order chi connectivity index (χ0) is 12.3. The number of anilines is 1.